The molecule has 0 aliphatic carbocycles. The van der Waals surface area contributed by atoms with Crippen LogP contribution in [0.25, 0.3) is 11.1 Å². The second-order valence-corrected chi connectivity index (χ2v) is 9.53. The Kier molecular flexibility index (Phi) is 8.12. The molecule has 1 heterocycles. The first-order valence-corrected chi connectivity index (χ1v) is 12.6. The molecule has 1 amide bonds. The van der Waals surface area contributed by atoms with Crippen LogP contribution in [0.5, 0.6) is 5.75 Å². The van der Waals surface area contributed by atoms with Gasteiger partial charge >= 0.3 is 5.97 Å². The molecule has 1 unspecified atom stereocenters. The Bertz CT molecular complexity index is 1280. The van der Waals surface area contributed by atoms with Crippen molar-refractivity contribution in [2.75, 3.05) is 20.3 Å². The Hall–Kier alpha value is -4.17. The molecule has 0 radical (unpaired) electrons. The number of amides is 1. The largest absolute Gasteiger partial charge is 0.491 e. The van der Waals surface area contributed by atoms with E-state index in [4.69, 9.17) is 20.6 Å². The molecule has 4 rings (SSSR count). The molecule has 1 aliphatic rings. The number of amidine groups is 1. The second kappa shape index (κ2) is 11.5. The maximum Gasteiger partial charge on any atom is 0.348 e. The third kappa shape index (κ3) is 5.40. The predicted molar refractivity (Wildman–Crippen MR) is 145 cm³/mol. The zero-order chi connectivity index (χ0) is 27.3. The van der Waals surface area contributed by atoms with Gasteiger partial charge < -0.3 is 25.2 Å². The molecule has 0 aromatic heterocycles. The van der Waals surface area contributed by atoms with Crippen molar-refractivity contribution in [1.82, 2.24) is 4.90 Å². The average Bonchev–Trinajstić information content (AvgIpc) is 3.13. The summed E-state index contributed by atoms with van der Waals surface area (Å²) in [5.74, 6) is -1.70. The monoisotopic (exact) mass is 515 g/mol. The molecular weight excluding hydrogens is 482 g/mol. The van der Waals surface area contributed by atoms with E-state index in [9.17, 15) is 14.7 Å². The third-order valence-corrected chi connectivity index (χ3v) is 7.23. The fourth-order valence-electron chi connectivity index (χ4n) is 4.91. The molecule has 4 N–H and O–H groups in total. The lowest BCUT2D eigenvalue weighted by atomic mass is 9.88. The number of hydrogen-bond donors (Lipinski definition) is 3. The lowest BCUT2D eigenvalue weighted by Gasteiger charge is -2.27. The van der Waals surface area contributed by atoms with E-state index in [0.717, 1.165) is 23.1 Å². The molecule has 1 aliphatic heterocycles. The highest BCUT2D eigenvalue weighted by atomic mass is 16.5. The van der Waals surface area contributed by atoms with E-state index in [1.54, 1.807) is 24.0 Å². The number of nitrogens with zero attached hydrogens (tertiary/aromatic N) is 1. The number of nitrogens with one attached hydrogen (secondary N) is 1. The quantitative estimate of drug-likeness (QED) is 0.164. The first-order chi connectivity index (χ1) is 18.3. The summed E-state index contributed by atoms with van der Waals surface area (Å²) in [6, 6.07) is 24.4. The molecule has 0 spiro atoms. The van der Waals surface area contributed by atoms with Gasteiger partial charge in [-0.1, -0.05) is 73.7 Å². The number of carbonyl (C=O) groups is 2. The van der Waals surface area contributed by atoms with Crippen LogP contribution in [0, 0.1) is 11.3 Å². The van der Waals surface area contributed by atoms with Crippen LogP contribution in [0.15, 0.2) is 78.9 Å². The van der Waals surface area contributed by atoms with Crippen molar-refractivity contribution in [3.8, 4) is 16.9 Å². The van der Waals surface area contributed by atoms with Crippen LogP contribution in [0.1, 0.15) is 24.5 Å². The molecular formula is C30H33N3O5. The molecule has 0 saturated carbocycles. The predicted octanol–water partition coefficient (Wildman–Crippen LogP) is 3.40. The Morgan fingerprint density at radius 2 is 1.63 bits per heavy atom. The lowest BCUT2D eigenvalue weighted by Crippen LogP contribution is -2.50. The van der Waals surface area contributed by atoms with Crippen molar-refractivity contribution in [3.63, 3.8) is 0 Å². The molecule has 3 aromatic carbocycles. The van der Waals surface area contributed by atoms with Crippen molar-refractivity contribution >= 4 is 17.7 Å². The number of esters is 1. The van der Waals surface area contributed by atoms with E-state index >= 15 is 0 Å². The number of carbonyl (C=O) groups excluding carboxylic acids is 2. The van der Waals surface area contributed by atoms with E-state index < -0.39 is 29.4 Å². The van der Waals surface area contributed by atoms with Crippen LogP contribution < -0.4 is 10.5 Å². The number of aliphatic hydroxyl groups is 1. The third-order valence-electron chi connectivity index (χ3n) is 7.23. The molecule has 1 saturated heterocycles. The SMILES string of the molecule is COC(=O)[C@]1(O)C(=O)N(CCCc2ccccc2)[C@H](COc2ccc(-c3ccc(C(=N)N)cc3)cc2)C1C. The number of benzene rings is 3. The molecule has 38 heavy (non-hydrogen) atoms. The van der Waals surface area contributed by atoms with Gasteiger partial charge in [0.15, 0.2) is 0 Å². The zero-order valence-electron chi connectivity index (χ0n) is 21.6. The van der Waals surface area contributed by atoms with Crippen LogP contribution >= 0.6 is 0 Å². The second-order valence-electron chi connectivity index (χ2n) is 9.53. The zero-order valence-corrected chi connectivity index (χ0v) is 21.6. The van der Waals surface area contributed by atoms with Crippen molar-refractivity contribution in [2.45, 2.75) is 31.4 Å². The van der Waals surface area contributed by atoms with Gasteiger partial charge in [0.05, 0.1) is 13.2 Å². The molecule has 0 bridgehead atoms. The smallest absolute Gasteiger partial charge is 0.348 e. The fourth-order valence-corrected chi connectivity index (χ4v) is 4.91. The van der Waals surface area contributed by atoms with Gasteiger partial charge in [-0.05, 0) is 41.7 Å². The molecule has 8 nitrogen and oxygen atoms in total. The molecule has 8 heteroatoms. The molecule has 3 aromatic rings. The lowest BCUT2D eigenvalue weighted by molar-refractivity contribution is -0.171. The highest BCUT2D eigenvalue weighted by Crippen LogP contribution is 2.36. The fraction of sp³-hybridized carbons (Fsp3) is 0.300. The summed E-state index contributed by atoms with van der Waals surface area (Å²) < 4.78 is 10.8. The number of aryl methyl sites for hydroxylation is 1. The Morgan fingerprint density at radius 1 is 1.03 bits per heavy atom. The molecule has 3 atom stereocenters. The minimum Gasteiger partial charge on any atom is -0.491 e. The molecule has 1 fully saturated rings. The van der Waals surface area contributed by atoms with Crippen LogP contribution in [0.2, 0.25) is 0 Å². The van der Waals surface area contributed by atoms with E-state index in [0.29, 0.717) is 24.3 Å². The highest BCUT2D eigenvalue weighted by Gasteiger charge is 2.62. The number of methoxy groups -OCH3 is 1. The normalized spacial score (nSPS) is 20.8. The number of nitrogen functional groups attached to an aromatic ring is 1. The summed E-state index contributed by atoms with van der Waals surface area (Å²) in [6.07, 6.45) is 1.44. The summed E-state index contributed by atoms with van der Waals surface area (Å²) >= 11 is 0. The van der Waals surface area contributed by atoms with Gasteiger partial charge in [-0.15, -0.1) is 0 Å². The average molecular weight is 516 g/mol. The van der Waals surface area contributed by atoms with E-state index in [1.807, 2.05) is 66.7 Å². The van der Waals surface area contributed by atoms with Gasteiger partial charge in [-0.2, -0.15) is 0 Å². The van der Waals surface area contributed by atoms with Crippen molar-refractivity contribution in [1.29, 1.82) is 5.41 Å². The van der Waals surface area contributed by atoms with Crippen LogP contribution in [-0.4, -0.2) is 59.6 Å². The summed E-state index contributed by atoms with van der Waals surface area (Å²) in [5.41, 5.74) is 7.05. The summed E-state index contributed by atoms with van der Waals surface area (Å²) in [4.78, 5) is 27.3. The van der Waals surface area contributed by atoms with Gasteiger partial charge in [-0.25, -0.2) is 4.79 Å². The van der Waals surface area contributed by atoms with Crippen molar-refractivity contribution < 1.29 is 24.2 Å². The van der Waals surface area contributed by atoms with Crippen LogP contribution in [0.4, 0.5) is 0 Å². The highest BCUT2D eigenvalue weighted by molar-refractivity contribution is 6.08. The summed E-state index contributed by atoms with van der Waals surface area (Å²) in [7, 11) is 1.17. The first kappa shape index (κ1) is 26.9. The van der Waals surface area contributed by atoms with E-state index in [2.05, 4.69) is 0 Å². The number of nitrogens with two attached hydrogens (primary N) is 1. The van der Waals surface area contributed by atoms with Crippen molar-refractivity contribution in [3.05, 3.63) is 90.0 Å². The maximum absolute atomic E-state index is 13.3. The molecule has 198 valence electrons. The number of ether oxygens (including phenoxy) is 2. The number of likely N-dealkylation sites (tertiary alicyclic amines) is 1. The maximum atomic E-state index is 13.3. The van der Waals surface area contributed by atoms with E-state index in [-0.39, 0.29) is 12.4 Å². The minimum absolute atomic E-state index is 0.0214. The van der Waals surface area contributed by atoms with Gasteiger partial charge in [0, 0.05) is 18.0 Å². The number of rotatable bonds is 10. The van der Waals surface area contributed by atoms with Crippen LogP contribution in [0.3, 0.4) is 0 Å². The standard InChI is InChI=1S/C30H33N3O5/c1-20-26(19-38-25-16-14-23(15-17-25)22-10-12-24(13-11-22)27(31)32)33(28(34)30(20,36)29(35)37-2)18-6-9-21-7-4-3-5-8-21/h3-5,7-8,10-17,20,26,36H,6,9,18-19H2,1-2H3,(H3,31,32)/t20?,26-,30-/m1/s1. The van der Waals surface area contributed by atoms with Gasteiger partial charge in [0.1, 0.15) is 18.2 Å². The summed E-state index contributed by atoms with van der Waals surface area (Å²) in [5, 5.41) is 18.7. The Labute approximate surface area is 222 Å². The van der Waals surface area contributed by atoms with Gasteiger partial charge in [0.25, 0.3) is 5.91 Å². The van der Waals surface area contributed by atoms with Crippen LogP contribution in [-0.2, 0) is 20.7 Å². The van der Waals surface area contributed by atoms with Gasteiger partial charge in [-0.3, -0.25) is 10.2 Å². The minimum atomic E-state index is -2.24. The summed E-state index contributed by atoms with van der Waals surface area (Å²) in [6.45, 7) is 2.17. The van der Waals surface area contributed by atoms with Crippen molar-refractivity contribution in [2.24, 2.45) is 11.7 Å². The Morgan fingerprint density at radius 3 is 2.21 bits per heavy atom. The topological polar surface area (TPSA) is 126 Å². The van der Waals surface area contributed by atoms with Gasteiger partial charge in [0.2, 0.25) is 5.60 Å². The van der Waals surface area contributed by atoms with E-state index in [1.165, 1.54) is 7.11 Å². The first-order valence-electron chi connectivity index (χ1n) is 12.6. The Balaban J connectivity index is 1.46. The number of hydrogen-bond acceptors (Lipinski definition) is 6.